The van der Waals surface area contributed by atoms with Gasteiger partial charge in [-0.3, -0.25) is 0 Å². The van der Waals surface area contributed by atoms with Crippen molar-refractivity contribution in [1.29, 1.82) is 0 Å². The van der Waals surface area contributed by atoms with Crippen LogP contribution >= 0.6 is 15.9 Å². The Morgan fingerprint density at radius 2 is 1.95 bits per heavy atom. The Morgan fingerprint density at radius 3 is 2.67 bits per heavy atom. The zero-order valence-corrected chi connectivity index (χ0v) is 13.1. The number of rotatable bonds is 5. The van der Waals surface area contributed by atoms with Crippen LogP contribution in [0.4, 0.5) is 14.5 Å². The molecule has 0 aliphatic carbocycles. The van der Waals surface area contributed by atoms with Crippen molar-refractivity contribution in [3.8, 4) is 0 Å². The van der Waals surface area contributed by atoms with Gasteiger partial charge in [-0.2, -0.15) is 0 Å². The predicted octanol–water partition coefficient (Wildman–Crippen LogP) is 4.44. The molecule has 0 amide bonds. The third-order valence-corrected chi connectivity index (χ3v) is 3.74. The minimum atomic E-state index is -1.12. The van der Waals surface area contributed by atoms with Crippen molar-refractivity contribution in [3.63, 3.8) is 0 Å². The molecule has 0 saturated carbocycles. The molecule has 2 rings (SSSR count). The van der Waals surface area contributed by atoms with Crippen molar-refractivity contribution < 1.29 is 13.9 Å². The average molecular weight is 356 g/mol. The molecule has 5 heteroatoms. The van der Waals surface area contributed by atoms with E-state index in [0.717, 1.165) is 40.3 Å². The lowest BCUT2D eigenvalue weighted by molar-refractivity contribution is 0.186. The van der Waals surface area contributed by atoms with Gasteiger partial charge in [-0.1, -0.05) is 22.9 Å². The Labute approximate surface area is 130 Å². The van der Waals surface area contributed by atoms with Crippen molar-refractivity contribution in [2.24, 2.45) is 0 Å². The van der Waals surface area contributed by atoms with E-state index in [-0.39, 0.29) is 12.1 Å². The number of anilines is 1. The first-order chi connectivity index (χ1) is 10.0. The van der Waals surface area contributed by atoms with Gasteiger partial charge in [0.25, 0.3) is 0 Å². The van der Waals surface area contributed by atoms with Crippen LogP contribution in [0.5, 0.6) is 0 Å². The molecule has 112 valence electrons. The SMILES string of the molecule is CCc1cc(Br)ccc1NCC(O)c1cc(F)ccc1F. The molecular formula is C16H16BrF2NO. The van der Waals surface area contributed by atoms with Gasteiger partial charge in [0.1, 0.15) is 11.6 Å². The van der Waals surface area contributed by atoms with Crippen LogP contribution in [0.25, 0.3) is 0 Å². The molecule has 0 aliphatic rings. The van der Waals surface area contributed by atoms with E-state index in [0.29, 0.717) is 0 Å². The topological polar surface area (TPSA) is 32.3 Å². The van der Waals surface area contributed by atoms with Gasteiger partial charge in [-0.25, -0.2) is 8.78 Å². The molecule has 0 fully saturated rings. The molecule has 0 radical (unpaired) electrons. The van der Waals surface area contributed by atoms with Crippen LogP contribution in [-0.2, 0) is 6.42 Å². The second-order valence-corrected chi connectivity index (χ2v) is 5.63. The summed E-state index contributed by atoms with van der Waals surface area (Å²) < 4.78 is 27.7. The normalized spacial score (nSPS) is 12.2. The van der Waals surface area contributed by atoms with Crippen molar-refractivity contribution in [2.45, 2.75) is 19.4 Å². The van der Waals surface area contributed by atoms with Crippen LogP contribution in [0.15, 0.2) is 40.9 Å². The second-order valence-electron chi connectivity index (χ2n) is 4.72. The summed E-state index contributed by atoms with van der Waals surface area (Å²) in [6.45, 7) is 2.13. The highest BCUT2D eigenvalue weighted by molar-refractivity contribution is 9.10. The molecule has 0 bridgehead atoms. The highest BCUT2D eigenvalue weighted by Gasteiger charge is 2.14. The van der Waals surface area contributed by atoms with Gasteiger partial charge in [0, 0.05) is 22.3 Å². The molecule has 0 aromatic heterocycles. The van der Waals surface area contributed by atoms with Gasteiger partial charge < -0.3 is 10.4 Å². The number of nitrogens with one attached hydrogen (secondary N) is 1. The van der Waals surface area contributed by atoms with Gasteiger partial charge in [0.05, 0.1) is 6.10 Å². The monoisotopic (exact) mass is 355 g/mol. The Hall–Kier alpha value is -1.46. The summed E-state index contributed by atoms with van der Waals surface area (Å²) in [7, 11) is 0. The Kier molecular flexibility index (Phi) is 5.31. The molecule has 1 unspecified atom stereocenters. The largest absolute Gasteiger partial charge is 0.386 e. The van der Waals surface area contributed by atoms with Crippen LogP contribution in [0.3, 0.4) is 0 Å². The number of hydrogen-bond acceptors (Lipinski definition) is 2. The van der Waals surface area contributed by atoms with Crippen molar-refractivity contribution in [1.82, 2.24) is 0 Å². The van der Waals surface area contributed by atoms with Gasteiger partial charge in [0.2, 0.25) is 0 Å². The van der Waals surface area contributed by atoms with Crippen molar-refractivity contribution in [2.75, 3.05) is 11.9 Å². The molecule has 2 aromatic rings. The van der Waals surface area contributed by atoms with Crippen molar-refractivity contribution in [3.05, 3.63) is 63.6 Å². The number of halogens is 3. The van der Waals surface area contributed by atoms with Crippen LogP contribution in [-0.4, -0.2) is 11.7 Å². The smallest absolute Gasteiger partial charge is 0.129 e. The third-order valence-electron chi connectivity index (χ3n) is 3.25. The van der Waals surface area contributed by atoms with Crippen molar-refractivity contribution >= 4 is 21.6 Å². The standard InChI is InChI=1S/C16H16BrF2NO/c1-2-10-7-11(17)3-6-15(10)20-9-16(21)13-8-12(18)4-5-14(13)19/h3-8,16,20-21H,2,9H2,1H3. The average Bonchev–Trinajstić information content (AvgIpc) is 2.48. The number of aliphatic hydroxyl groups excluding tert-OH is 1. The van der Waals surface area contributed by atoms with E-state index >= 15 is 0 Å². The fourth-order valence-corrected chi connectivity index (χ4v) is 2.52. The first-order valence-electron chi connectivity index (χ1n) is 6.66. The van der Waals surface area contributed by atoms with Crippen LogP contribution in [0.2, 0.25) is 0 Å². The summed E-state index contributed by atoms with van der Waals surface area (Å²) in [5.74, 6) is -1.18. The van der Waals surface area contributed by atoms with E-state index in [1.165, 1.54) is 0 Å². The second kappa shape index (κ2) is 7.00. The molecule has 2 nitrogen and oxygen atoms in total. The Balaban J connectivity index is 2.10. The molecule has 0 aliphatic heterocycles. The summed E-state index contributed by atoms with van der Waals surface area (Å²) in [5.41, 5.74) is 1.91. The zero-order chi connectivity index (χ0) is 15.4. The number of hydrogen-bond donors (Lipinski definition) is 2. The molecule has 0 saturated heterocycles. The summed E-state index contributed by atoms with van der Waals surface area (Å²) in [4.78, 5) is 0. The molecule has 1 atom stereocenters. The summed E-state index contributed by atoms with van der Waals surface area (Å²) in [5, 5.41) is 13.1. The third kappa shape index (κ3) is 4.02. The van der Waals surface area contributed by atoms with E-state index in [1.807, 2.05) is 25.1 Å². The predicted molar refractivity (Wildman–Crippen MR) is 83.3 cm³/mol. The highest BCUT2D eigenvalue weighted by Crippen LogP contribution is 2.23. The van der Waals surface area contributed by atoms with Gasteiger partial charge in [0.15, 0.2) is 0 Å². The maximum Gasteiger partial charge on any atom is 0.129 e. The van der Waals surface area contributed by atoms with Crippen LogP contribution < -0.4 is 5.32 Å². The highest BCUT2D eigenvalue weighted by atomic mass is 79.9. The molecule has 0 spiro atoms. The summed E-state index contributed by atoms with van der Waals surface area (Å²) in [6, 6.07) is 8.82. The van der Waals surface area contributed by atoms with E-state index in [2.05, 4.69) is 21.2 Å². The minimum absolute atomic E-state index is 0.0438. The maximum atomic E-state index is 13.6. The van der Waals surface area contributed by atoms with E-state index in [4.69, 9.17) is 0 Å². The quantitative estimate of drug-likeness (QED) is 0.831. The van der Waals surface area contributed by atoms with Gasteiger partial charge in [-0.15, -0.1) is 0 Å². The van der Waals surface area contributed by atoms with Crippen LogP contribution in [0.1, 0.15) is 24.2 Å². The molecule has 21 heavy (non-hydrogen) atoms. The zero-order valence-electron chi connectivity index (χ0n) is 11.5. The Bertz CT molecular complexity index is 634. The van der Waals surface area contributed by atoms with E-state index in [9.17, 15) is 13.9 Å². The van der Waals surface area contributed by atoms with E-state index < -0.39 is 17.7 Å². The van der Waals surface area contributed by atoms with Crippen LogP contribution in [0, 0.1) is 11.6 Å². The first-order valence-corrected chi connectivity index (χ1v) is 7.46. The first kappa shape index (κ1) is 15.9. The number of aliphatic hydroxyl groups is 1. The fraction of sp³-hybridized carbons (Fsp3) is 0.250. The lowest BCUT2D eigenvalue weighted by Crippen LogP contribution is -2.14. The molecule has 2 aromatic carbocycles. The summed E-state index contributed by atoms with van der Waals surface area (Å²) >= 11 is 3.40. The Morgan fingerprint density at radius 1 is 1.19 bits per heavy atom. The number of benzene rings is 2. The molecular weight excluding hydrogens is 340 g/mol. The van der Waals surface area contributed by atoms with Gasteiger partial charge in [-0.05, 0) is 48.4 Å². The maximum absolute atomic E-state index is 13.6. The summed E-state index contributed by atoms with van der Waals surface area (Å²) in [6.07, 6.45) is -0.291. The molecule has 2 N–H and O–H groups in total. The molecule has 0 heterocycles. The lowest BCUT2D eigenvalue weighted by Gasteiger charge is -2.16. The van der Waals surface area contributed by atoms with Gasteiger partial charge >= 0.3 is 0 Å². The number of aryl methyl sites for hydroxylation is 1. The minimum Gasteiger partial charge on any atom is -0.386 e. The van der Waals surface area contributed by atoms with E-state index in [1.54, 1.807) is 0 Å². The fourth-order valence-electron chi connectivity index (χ4n) is 2.11. The lowest BCUT2D eigenvalue weighted by atomic mass is 10.1.